The number of hydrogen-bond donors (Lipinski definition) is 2. The molecule has 2 bridgehead atoms. The van der Waals surface area contributed by atoms with E-state index in [1.165, 1.54) is 19.3 Å². The normalized spacial score (nSPS) is 29.6. The highest BCUT2D eigenvalue weighted by Gasteiger charge is 2.40. The number of pyridine rings is 1. The first kappa shape index (κ1) is 16.1. The molecule has 128 valence electrons. The summed E-state index contributed by atoms with van der Waals surface area (Å²) < 4.78 is 2.98. The van der Waals surface area contributed by atoms with Crippen LogP contribution in [0.25, 0.3) is 5.65 Å². The molecule has 1 amide bonds. The smallest absolute Gasteiger partial charge is 0.223 e. The fraction of sp³-hybridized carbons (Fsp3) is 0.556. The molecule has 2 saturated carbocycles. The number of nitrogens with one attached hydrogen (secondary N) is 1. The Morgan fingerprint density at radius 3 is 2.79 bits per heavy atom. The largest absolute Gasteiger partial charge is 0.350 e. The number of aromatic nitrogens is 2. The maximum Gasteiger partial charge on any atom is 0.223 e. The monoisotopic (exact) mass is 390 g/mol. The number of halogens is 1. The van der Waals surface area contributed by atoms with Gasteiger partial charge in [-0.25, -0.2) is 4.98 Å². The molecule has 2 aliphatic rings. The fourth-order valence-electron chi connectivity index (χ4n) is 4.43. The molecule has 4 rings (SSSR count). The molecule has 2 unspecified atom stereocenters. The minimum absolute atomic E-state index is 0.117. The van der Waals surface area contributed by atoms with Crippen LogP contribution in [0.15, 0.2) is 29.0 Å². The summed E-state index contributed by atoms with van der Waals surface area (Å²) in [4.78, 5) is 17.1. The van der Waals surface area contributed by atoms with E-state index in [4.69, 9.17) is 5.73 Å². The van der Waals surface area contributed by atoms with E-state index in [0.29, 0.717) is 24.4 Å². The quantitative estimate of drug-likeness (QED) is 0.845. The van der Waals surface area contributed by atoms with Gasteiger partial charge in [0.1, 0.15) is 5.65 Å². The molecular formula is C18H23BrN4O. The first-order chi connectivity index (χ1) is 11.6. The molecule has 3 N–H and O–H groups in total. The van der Waals surface area contributed by atoms with Crippen LogP contribution < -0.4 is 11.1 Å². The van der Waals surface area contributed by atoms with Crippen molar-refractivity contribution < 1.29 is 4.79 Å². The highest BCUT2D eigenvalue weighted by atomic mass is 79.9. The molecular weight excluding hydrogens is 368 g/mol. The van der Waals surface area contributed by atoms with Crippen LogP contribution in [0.3, 0.4) is 0 Å². The van der Waals surface area contributed by atoms with Crippen molar-refractivity contribution in [2.45, 2.75) is 44.7 Å². The van der Waals surface area contributed by atoms with E-state index in [9.17, 15) is 4.79 Å². The van der Waals surface area contributed by atoms with Gasteiger partial charge in [0.2, 0.25) is 5.91 Å². The third-order valence-electron chi connectivity index (χ3n) is 5.69. The summed E-state index contributed by atoms with van der Waals surface area (Å²) in [5.41, 5.74) is 8.09. The van der Waals surface area contributed by atoms with Crippen molar-refractivity contribution in [3.05, 3.63) is 34.7 Å². The Hall–Kier alpha value is -1.40. The Morgan fingerprint density at radius 1 is 1.29 bits per heavy atom. The zero-order chi connectivity index (χ0) is 16.7. The lowest BCUT2D eigenvalue weighted by molar-refractivity contribution is -0.128. The van der Waals surface area contributed by atoms with Gasteiger partial charge in [0.05, 0.1) is 12.2 Å². The number of fused-ring (bicyclic) bond motifs is 3. The SMILES string of the molecule is NC1C2CCCC1CC(C(=O)NCc1cn3cc(Br)ccc3n1)C2. The average Bonchev–Trinajstić information content (AvgIpc) is 2.94. The maximum atomic E-state index is 12.6. The number of rotatable bonds is 3. The van der Waals surface area contributed by atoms with Crippen molar-refractivity contribution in [2.24, 2.45) is 23.5 Å². The van der Waals surface area contributed by atoms with E-state index in [1.54, 1.807) is 0 Å². The van der Waals surface area contributed by atoms with Crippen LogP contribution in [-0.4, -0.2) is 21.3 Å². The first-order valence-corrected chi connectivity index (χ1v) is 9.56. The summed E-state index contributed by atoms with van der Waals surface area (Å²) in [6.07, 6.45) is 9.46. The summed E-state index contributed by atoms with van der Waals surface area (Å²) in [5.74, 6) is 1.34. The van der Waals surface area contributed by atoms with Gasteiger partial charge in [0.25, 0.3) is 0 Å². The van der Waals surface area contributed by atoms with Gasteiger partial charge < -0.3 is 15.5 Å². The van der Waals surface area contributed by atoms with E-state index in [1.807, 2.05) is 28.9 Å². The zero-order valence-corrected chi connectivity index (χ0v) is 15.2. The lowest BCUT2D eigenvalue weighted by Crippen LogP contribution is -2.49. The van der Waals surface area contributed by atoms with E-state index < -0.39 is 0 Å². The fourth-order valence-corrected chi connectivity index (χ4v) is 4.78. The molecule has 2 fully saturated rings. The number of amides is 1. The Morgan fingerprint density at radius 2 is 2.04 bits per heavy atom. The first-order valence-electron chi connectivity index (χ1n) is 8.76. The summed E-state index contributed by atoms with van der Waals surface area (Å²) >= 11 is 3.46. The van der Waals surface area contributed by atoms with E-state index in [2.05, 4.69) is 26.2 Å². The average molecular weight is 391 g/mol. The van der Waals surface area contributed by atoms with Crippen molar-refractivity contribution >= 4 is 27.5 Å². The molecule has 5 nitrogen and oxygen atoms in total. The van der Waals surface area contributed by atoms with E-state index in [0.717, 1.165) is 28.7 Å². The highest BCUT2D eigenvalue weighted by Crippen LogP contribution is 2.41. The van der Waals surface area contributed by atoms with Crippen molar-refractivity contribution in [3.63, 3.8) is 0 Å². The number of nitrogens with two attached hydrogens (primary N) is 1. The van der Waals surface area contributed by atoms with Crippen LogP contribution >= 0.6 is 15.9 Å². The van der Waals surface area contributed by atoms with Crippen LogP contribution in [0.1, 0.15) is 37.8 Å². The molecule has 2 aromatic rings. The van der Waals surface area contributed by atoms with Crippen LogP contribution in [0.4, 0.5) is 0 Å². The number of imidazole rings is 1. The molecule has 0 aliphatic heterocycles. The summed E-state index contributed by atoms with van der Waals surface area (Å²) in [5, 5.41) is 3.08. The minimum atomic E-state index is 0.117. The number of nitrogens with zero attached hydrogens (tertiary/aromatic N) is 2. The van der Waals surface area contributed by atoms with Gasteiger partial charge in [-0.2, -0.15) is 0 Å². The molecule has 0 saturated heterocycles. The van der Waals surface area contributed by atoms with Gasteiger partial charge in [0, 0.05) is 28.8 Å². The zero-order valence-electron chi connectivity index (χ0n) is 13.6. The number of carbonyl (C=O) groups is 1. The molecule has 0 spiro atoms. The van der Waals surface area contributed by atoms with Gasteiger partial charge in [-0.15, -0.1) is 0 Å². The Kier molecular flexibility index (Phi) is 4.35. The van der Waals surface area contributed by atoms with E-state index >= 15 is 0 Å². The van der Waals surface area contributed by atoms with Crippen molar-refractivity contribution in [1.29, 1.82) is 0 Å². The minimum Gasteiger partial charge on any atom is -0.350 e. The van der Waals surface area contributed by atoms with Crippen LogP contribution in [0.5, 0.6) is 0 Å². The van der Waals surface area contributed by atoms with Gasteiger partial charge >= 0.3 is 0 Å². The summed E-state index contributed by atoms with van der Waals surface area (Å²) in [7, 11) is 0. The molecule has 2 heterocycles. The highest BCUT2D eigenvalue weighted by molar-refractivity contribution is 9.10. The molecule has 24 heavy (non-hydrogen) atoms. The summed E-state index contributed by atoms with van der Waals surface area (Å²) in [6.45, 7) is 0.482. The van der Waals surface area contributed by atoms with Gasteiger partial charge in [0.15, 0.2) is 0 Å². The Balaban J connectivity index is 1.39. The van der Waals surface area contributed by atoms with Crippen molar-refractivity contribution in [2.75, 3.05) is 0 Å². The van der Waals surface area contributed by atoms with E-state index in [-0.39, 0.29) is 11.8 Å². The van der Waals surface area contributed by atoms with Crippen LogP contribution in [-0.2, 0) is 11.3 Å². The molecule has 2 aliphatic carbocycles. The maximum absolute atomic E-state index is 12.6. The second kappa shape index (κ2) is 6.48. The van der Waals surface area contributed by atoms with Gasteiger partial charge in [-0.3, -0.25) is 4.79 Å². The van der Waals surface area contributed by atoms with Crippen molar-refractivity contribution in [3.8, 4) is 0 Å². The second-order valence-electron chi connectivity index (χ2n) is 7.26. The third-order valence-corrected chi connectivity index (χ3v) is 6.16. The number of hydrogen-bond acceptors (Lipinski definition) is 3. The predicted octanol–water partition coefficient (Wildman–Crippen LogP) is 2.87. The molecule has 6 heteroatoms. The van der Waals surface area contributed by atoms with Crippen LogP contribution in [0, 0.1) is 17.8 Å². The molecule has 0 radical (unpaired) electrons. The Labute approximate surface area is 150 Å². The van der Waals surface area contributed by atoms with Gasteiger partial charge in [-0.1, -0.05) is 6.42 Å². The van der Waals surface area contributed by atoms with Crippen molar-refractivity contribution in [1.82, 2.24) is 14.7 Å². The lowest BCUT2D eigenvalue weighted by Gasteiger charge is -2.43. The topological polar surface area (TPSA) is 72.4 Å². The van der Waals surface area contributed by atoms with Crippen LogP contribution in [0.2, 0.25) is 0 Å². The second-order valence-corrected chi connectivity index (χ2v) is 8.18. The predicted molar refractivity (Wildman–Crippen MR) is 96.3 cm³/mol. The number of carbonyl (C=O) groups excluding carboxylic acids is 1. The lowest BCUT2D eigenvalue weighted by atomic mass is 9.65. The molecule has 2 atom stereocenters. The third kappa shape index (κ3) is 3.09. The standard InChI is InChI=1S/C18H23BrN4O/c19-14-4-5-16-22-15(10-23(16)9-14)8-21-18(24)13-6-11-2-1-3-12(7-13)17(11)20/h4-5,9-13,17H,1-3,6-8,20H2,(H,21,24). The van der Waals surface area contributed by atoms with Gasteiger partial charge in [-0.05, 0) is 65.6 Å². The molecule has 2 aromatic heterocycles. The Bertz CT molecular complexity index is 745. The summed E-state index contributed by atoms with van der Waals surface area (Å²) in [6, 6.07) is 4.23. The molecule has 0 aromatic carbocycles.